The highest BCUT2D eigenvalue weighted by molar-refractivity contribution is 5.42. The van der Waals surface area contributed by atoms with E-state index < -0.39 is 0 Å². The third-order valence-electron chi connectivity index (χ3n) is 3.11. The zero-order chi connectivity index (χ0) is 12.4. The van der Waals surface area contributed by atoms with Crippen molar-refractivity contribution in [3.63, 3.8) is 0 Å². The minimum Gasteiger partial charge on any atom is -0.459 e. The maximum atomic E-state index is 9.43. The molecule has 0 aliphatic carbocycles. The van der Waals surface area contributed by atoms with Crippen LogP contribution in [0.5, 0.6) is 0 Å². The van der Waals surface area contributed by atoms with E-state index in [1.807, 2.05) is 0 Å². The maximum absolute atomic E-state index is 9.43. The largest absolute Gasteiger partial charge is 0.459 e. The van der Waals surface area contributed by atoms with Crippen LogP contribution in [0.4, 0.5) is 0 Å². The third kappa shape index (κ3) is 2.44. The number of hydrogen-bond donors (Lipinski definition) is 1. The van der Waals surface area contributed by atoms with Crippen LogP contribution in [0.1, 0.15) is 18.7 Å². The van der Waals surface area contributed by atoms with Gasteiger partial charge in [-0.15, -0.1) is 10.2 Å². The minimum absolute atomic E-state index is 0.164. The topological polar surface area (TPSA) is 75.5 Å². The predicted octanol–water partition coefficient (Wildman–Crippen LogP) is 1.29. The Bertz CT molecular complexity index is 486. The lowest BCUT2D eigenvalue weighted by atomic mass is 10.1. The molecule has 1 N–H and O–H groups in total. The van der Waals surface area contributed by atoms with Gasteiger partial charge in [-0.25, -0.2) is 0 Å². The number of piperidine rings is 1. The first-order valence-electron chi connectivity index (χ1n) is 6.08. The van der Waals surface area contributed by atoms with E-state index in [4.69, 9.17) is 8.83 Å². The van der Waals surface area contributed by atoms with Gasteiger partial charge in [0.25, 0.3) is 5.89 Å². The summed E-state index contributed by atoms with van der Waals surface area (Å²) in [5.41, 5.74) is 0. The fourth-order valence-electron chi connectivity index (χ4n) is 2.09. The predicted molar refractivity (Wildman–Crippen MR) is 62.5 cm³/mol. The van der Waals surface area contributed by atoms with Gasteiger partial charge in [0.2, 0.25) is 5.89 Å². The lowest BCUT2D eigenvalue weighted by molar-refractivity contribution is 0.0752. The molecule has 0 aromatic carbocycles. The Kier molecular flexibility index (Phi) is 3.12. The van der Waals surface area contributed by atoms with Crippen molar-refractivity contribution in [2.24, 2.45) is 0 Å². The highest BCUT2D eigenvalue weighted by Gasteiger charge is 2.19. The van der Waals surface area contributed by atoms with E-state index in [-0.39, 0.29) is 6.10 Å². The second kappa shape index (κ2) is 4.91. The molecule has 1 fully saturated rings. The average Bonchev–Trinajstić information content (AvgIpc) is 3.02. The molecule has 96 valence electrons. The maximum Gasteiger partial charge on any atom is 0.283 e. The van der Waals surface area contributed by atoms with Crippen molar-refractivity contribution < 1.29 is 13.9 Å². The standard InChI is InChI=1S/C12H15N3O3/c16-9-3-5-15(6-4-9)8-11-13-14-12(18-11)10-2-1-7-17-10/h1-2,7,9,16H,3-6,8H2. The highest BCUT2D eigenvalue weighted by atomic mass is 16.4. The fourth-order valence-corrected chi connectivity index (χ4v) is 2.09. The van der Waals surface area contributed by atoms with Crippen molar-refractivity contribution in [3.8, 4) is 11.7 Å². The number of nitrogens with zero attached hydrogens (tertiary/aromatic N) is 3. The van der Waals surface area contributed by atoms with Gasteiger partial charge in [-0.1, -0.05) is 0 Å². The average molecular weight is 249 g/mol. The number of furan rings is 1. The molecule has 0 bridgehead atoms. The lowest BCUT2D eigenvalue weighted by Crippen LogP contribution is -2.35. The van der Waals surface area contributed by atoms with Gasteiger partial charge in [-0.3, -0.25) is 4.90 Å². The molecule has 0 spiro atoms. The van der Waals surface area contributed by atoms with Gasteiger partial charge >= 0.3 is 0 Å². The molecule has 2 aromatic heterocycles. The van der Waals surface area contributed by atoms with Crippen LogP contribution in [-0.4, -0.2) is 39.4 Å². The number of aromatic nitrogens is 2. The molecular formula is C12H15N3O3. The Labute approximate surface area is 104 Å². The van der Waals surface area contributed by atoms with Crippen molar-refractivity contribution >= 4 is 0 Å². The van der Waals surface area contributed by atoms with E-state index in [0.717, 1.165) is 25.9 Å². The van der Waals surface area contributed by atoms with Gasteiger partial charge in [0, 0.05) is 13.1 Å². The molecule has 0 saturated carbocycles. The van der Waals surface area contributed by atoms with Crippen LogP contribution in [0.25, 0.3) is 11.7 Å². The Morgan fingerprint density at radius 2 is 2.17 bits per heavy atom. The molecule has 0 unspecified atom stereocenters. The van der Waals surface area contributed by atoms with Gasteiger partial charge < -0.3 is 13.9 Å². The van der Waals surface area contributed by atoms with Crippen LogP contribution < -0.4 is 0 Å². The van der Waals surface area contributed by atoms with Gasteiger partial charge in [0.15, 0.2) is 5.76 Å². The van der Waals surface area contributed by atoms with E-state index in [2.05, 4.69) is 15.1 Å². The van der Waals surface area contributed by atoms with Crippen LogP contribution in [0.2, 0.25) is 0 Å². The number of rotatable bonds is 3. The quantitative estimate of drug-likeness (QED) is 0.883. The van der Waals surface area contributed by atoms with Gasteiger partial charge in [0.1, 0.15) is 0 Å². The molecule has 6 nitrogen and oxygen atoms in total. The summed E-state index contributed by atoms with van der Waals surface area (Å²) in [6.07, 6.45) is 3.02. The van der Waals surface area contributed by atoms with E-state index in [9.17, 15) is 5.11 Å². The molecule has 2 aromatic rings. The van der Waals surface area contributed by atoms with Crippen LogP contribution in [-0.2, 0) is 6.54 Å². The summed E-state index contributed by atoms with van der Waals surface area (Å²) in [7, 11) is 0. The first kappa shape index (κ1) is 11.4. The molecule has 1 aliphatic heterocycles. The van der Waals surface area contributed by atoms with Crippen LogP contribution in [0.15, 0.2) is 27.2 Å². The minimum atomic E-state index is -0.164. The van der Waals surface area contributed by atoms with Gasteiger partial charge in [0.05, 0.1) is 18.9 Å². The SMILES string of the molecule is OC1CCN(Cc2nnc(-c3ccco3)o2)CC1. The molecule has 18 heavy (non-hydrogen) atoms. The normalized spacial score (nSPS) is 18.3. The summed E-state index contributed by atoms with van der Waals surface area (Å²) in [6, 6.07) is 3.57. The van der Waals surface area contributed by atoms with E-state index in [0.29, 0.717) is 24.1 Å². The van der Waals surface area contributed by atoms with Crippen molar-refractivity contribution in [1.29, 1.82) is 0 Å². The number of hydrogen-bond acceptors (Lipinski definition) is 6. The smallest absolute Gasteiger partial charge is 0.283 e. The number of aliphatic hydroxyl groups is 1. The first-order valence-corrected chi connectivity index (χ1v) is 6.08. The summed E-state index contributed by atoms with van der Waals surface area (Å²) >= 11 is 0. The zero-order valence-electron chi connectivity index (χ0n) is 9.95. The molecule has 6 heteroatoms. The Hall–Kier alpha value is -1.66. The summed E-state index contributed by atoms with van der Waals surface area (Å²) in [5.74, 6) is 1.58. The van der Waals surface area contributed by atoms with Gasteiger partial charge in [-0.05, 0) is 25.0 Å². The summed E-state index contributed by atoms with van der Waals surface area (Å²) in [5, 5.41) is 17.4. The Morgan fingerprint density at radius 1 is 1.33 bits per heavy atom. The summed E-state index contributed by atoms with van der Waals surface area (Å²) < 4.78 is 10.7. The van der Waals surface area contributed by atoms with E-state index in [1.54, 1.807) is 18.4 Å². The monoisotopic (exact) mass is 249 g/mol. The van der Waals surface area contributed by atoms with Crippen LogP contribution in [0.3, 0.4) is 0 Å². The van der Waals surface area contributed by atoms with Crippen molar-refractivity contribution in [2.75, 3.05) is 13.1 Å². The van der Waals surface area contributed by atoms with Crippen molar-refractivity contribution in [3.05, 3.63) is 24.3 Å². The number of likely N-dealkylation sites (tertiary alicyclic amines) is 1. The van der Waals surface area contributed by atoms with E-state index >= 15 is 0 Å². The molecule has 0 amide bonds. The molecule has 1 aliphatic rings. The fraction of sp³-hybridized carbons (Fsp3) is 0.500. The molecule has 3 rings (SSSR count). The Morgan fingerprint density at radius 3 is 2.89 bits per heavy atom. The van der Waals surface area contributed by atoms with Crippen LogP contribution >= 0.6 is 0 Å². The van der Waals surface area contributed by atoms with Crippen LogP contribution in [0, 0.1) is 0 Å². The lowest BCUT2D eigenvalue weighted by Gasteiger charge is -2.27. The van der Waals surface area contributed by atoms with E-state index in [1.165, 1.54) is 0 Å². The highest BCUT2D eigenvalue weighted by Crippen LogP contribution is 2.19. The Balaban J connectivity index is 1.64. The first-order chi connectivity index (χ1) is 8.81. The van der Waals surface area contributed by atoms with Gasteiger partial charge in [-0.2, -0.15) is 0 Å². The summed E-state index contributed by atoms with van der Waals surface area (Å²) in [4.78, 5) is 2.20. The summed E-state index contributed by atoms with van der Waals surface area (Å²) in [6.45, 7) is 2.35. The molecule has 0 radical (unpaired) electrons. The second-order valence-electron chi connectivity index (χ2n) is 4.49. The molecular weight excluding hydrogens is 234 g/mol. The number of aliphatic hydroxyl groups excluding tert-OH is 1. The molecule has 3 heterocycles. The molecule has 0 atom stereocenters. The third-order valence-corrected chi connectivity index (χ3v) is 3.11. The second-order valence-corrected chi connectivity index (χ2v) is 4.49. The molecule has 1 saturated heterocycles. The van der Waals surface area contributed by atoms with Crippen molar-refractivity contribution in [2.45, 2.75) is 25.5 Å². The van der Waals surface area contributed by atoms with Crippen molar-refractivity contribution in [1.82, 2.24) is 15.1 Å². The zero-order valence-corrected chi connectivity index (χ0v) is 9.95.